The molecule has 0 radical (unpaired) electrons. The monoisotopic (exact) mass is 298 g/mol. The number of rotatable bonds is 8. The molecule has 0 heterocycles. The fourth-order valence-corrected chi connectivity index (χ4v) is 2.96. The van der Waals surface area contributed by atoms with Gasteiger partial charge in [-0.05, 0) is 51.5 Å². The van der Waals surface area contributed by atoms with Crippen molar-refractivity contribution < 1.29 is 9.18 Å². The van der Waals surface area contributed by atoms with Crippen LogP contribution in [0.15, 0.2) is 29.2 Å². The molecule has 0 saturated carbocycles. The van der Waals surface area contributed by atoms with Crippen molar-refractivity contribution in [1.82, 2.24) is 5.32 Å². The molecule has 1 aromatic carbocycles. The van der Waals surface area contributed by atoms with Crippen LogP contribution in [-0.2, 0) is 4.79 Å². The minimum absolute atomic E-state index is 0.187. The highest BCUT2D eigenvalue weighted by Crippen LogP contribution is 2.24. The Bertz CT molecular complexity index is 453. The highest BCUT2D eigenvalue weighted by atomic mass is 32.2. The van der Waals surface area contributed by atoms with Gasteiger partial charge in [-0.2, -0.15) is 0 Å². The first-order valence-corrected chi connectivity index (χ1v) is 7.78. The van der Waals surface area contributed by atoms with E-state index in [0.717, 1.165) is 12.2 Å². The van der Waals surface area contributed by atoms with E-state index in [-0.39, 0.29) is 17.8 Å². The van der Waals surface area contributed by atoms with E-state index in [1.54, 1.807) is 12.1 Å². The summed E-state index contributed by atoms with van der Waals surface area (Å²) in [5.41, 5.74) is 4.76. The van der Waals surface area contributed by atoms with Crippen molar-refractivity contribution >= 4 is 17.7 Å². The smallest absolute Gasteiger partial charge is 0.237 e. The molecule has 1 rings (SSSR count). The van der Waals surface area contributed by atoms with Crippen molar-refractivity contribution in [3.8, 4) is 0 Å². The lowest BCUT2D eigenvalue weighted by Gasteiger charge is -2.29. The van der Waals surface area contributed by atoms with Crippen LogP contribution in [0.3, 0.4) is 0 Å². The number of benzene rings is 1. The van der Waals surface area contributed by atoms with Crippen LogP contribution in [0.4, 0.5) is 4.39 Å². The van der Waals surface area contributed by atoms with Gasteiger partial charge in [-0.1, -0.05) is 12.1 Å². The number of nitrogens with two attached hydrogens (primary N) is 1. The van der Waals surface area contributed by atoms with Gasteiger partial charge in [0, 0.05) is 10.9 Å². The van der Waals surface area contributed by atoms with Crippen LogP contribution in [0.2, 0.25) is 0 Å². The molecule has 1 atom stereocenters. The van der Waals surface area contributed by atoms with Crippen molar-refractivity contribution in [2.45, 2.75) is 50.1 Å². The summed E-state index contributed by atoms with van der Waals surface area (Å²) < 4.78 is 13.4. The predicted molar refractivity (Wildman–Crippen MR) is 82.2 cm³/mol. The Morgan fingerprint density at radius 2 is 2.10 bits per heavy atom. The second kappa shape index (κ2) is 7.64. The second-order valence-electron chi connectivity index (χ2n) is 5.38. The maximum atomic E-state index is 13.4. The number of nitrogens with one attached hydrogen (secondary N) is 1. The molecule has 1 amide bonds. The molecular weight excluding hydrogens is 275 g/mol. The maximum Gasteiger partial charge on any atom is 0.237 e. The van der Waals surface area contributed by atoms with Crippen LogP contribution in [0.5, 0.6) is 0 Å². The topological polar surface area (TPSA) is 55.1 Å². The molecule has 0 fully saturated rings. The third kappa shape index (κ3) is 5.13. The van der Waals surface area contributed by atoms with Crippen molar-refractivity contribution in [2.75, 3.05) is 5.75 Å². The number of hydrogen-bond acceptors (Lipinski definition) is 3. The molecule has 0 aliphatic carbocycles. The number of primary amides is 1. The minimum Gasteiger partial charge on any atom is -0.368 e. The van der Waals surface area contributed by atoms with Crippen LogP contribution in [-0.4, -0.2) is 23.2 Å². The van der Waals surface area contributed by atoms with Crippen molar-refractivity contribution in [2.24, 2.45) is 5.73 Å². The Morgan fingerprint density at radius 3 is 2.65 bits per heavy atom. The number of carbonyl (C=O) groups is 1. The molecular formula is C15H23FN2OS. The zero-order valence-corrected chi connectivity index (χ0v) is 13.1. The van der Waals surface area contributed by atoms with E-state index in [4.69, 9.17) is 5.73 Å². The molecule has 20 heavy (non-hydrogen) atoms. The zero-order chi connectivity index (χ0) is 15.2. The molecule has 1 aromatic rings. The van der Waals surface area contributed by atoms with Gasteiger partial charge >= 0.3 is 0 Å². The summed E-state index contributed by atoms with van der Waals surface area (Å²) in [6.45, 7) is 5.79. The molecule has 0 spiro atoms. The summed E-state index contributed by atoms with van der Waals surface area (Å²) in [5, 5.41) is 3.21. The highest BCUT2D eigenvalue weighted by Gasteiger charge is 2.30. The third-order valence-corrected chi connectivity index (χ3v) is 4.20. The Morgan fingerprint density at radius 1 is 1.45 bits per heavy atom. The maximum absolute atomic E-state index is 13.4. The van der Waals surface area contributed by atoms with Gasteiger partial charge < -0.3 is 11.1 Å². The summed E-state index contributed by atoms with van der Waals surface area (Å²) in [4.78, 5) is 12.2. The molecule has 112 valence electrons. The summed E-state index contributed by atoms with van der Waals surface area (Å²) in [6.07, 6.45) is 1.43. The van der Waals surface area contributed by atoms with Gasteiger partial charge in [0.05, 0.1) is 5.54 Å². The number of amides is 1. The van der Waals surface area contributed by atoms with Crippen LogP contribution in [0, 0.1) is 5.82 Å². The van der Waals surface area contributed by atoms with Gasteiger partial charge in [-0.25, -0.2) is 4.39 Å². The molecule has 3 nitrogen and oxygen atoms in total. The average molecular weight is 298 g/mol. The summed E-state index contributed by atoms with van der Waals surface area (Å²) >= 11 is 1.46. The van der Waals surface area contributed by atoms with Crippen molar-refractivity contribution in [3.63, 3.8) is 0 Å². The van der Waals surface area contributed by atoms with E-state index in [2.05, 4.69) is 5.32 Å². The molecule has 0 aromatic heterocycles. The standard InChI is InChI=1S/C15H23FN2OS/c1-11(2)18-15(3,14(17)19)9-6-10-20-13-8-5-4-7-12(13)16/h4-5,7-8,11,18H,6,9-10H2,1-3H3,(H2,17,19). The molecule has 0 saturated heterocycles. The SMILES string of the molecule is CC(C)NC(C)(CCCSc1ccccc1F)C(N)=O. The van der Waals surface area contributed by atoms with Gasteiger partial charge in [0.2, 0.25) is 5.91 Å². The van der Waals surface area contributed by atoms with Gasteiger partial charge in [0.25, 0.3) is 0 Å². The summed E-state index contributed by atoms with van der Waals surface area (Å²) in [5.74, 6) is 0.210. The normalized spacial score (nSPS) is 14.2. The quantitative estimate of drug-likeness (QED) is 0.573. The lowest BCUT2D eigenvalue weighted by atomic mass is 9.94. The van der Waals surface area contributed by atoms with E-state index < -0.39 is 5.54 Å². The molecule has 0 aliphatic heterocycles. The highest BCUT2D eigenvalue weighted by molar-refractivity contribution is 7.99. The molecule has 5 heteroatoms. The lowest BCUT2D eigenvalue weighted by molar-refractivity contribution is -0.124. The van der Waals surface area contributed by atoms with Crippen LogP contribution < -0.4 is 11.1 Å². The zero-order valence-electron chi connectivity index (χ0n) is 12.3. The van der Waals surface area contributed by atoms with Crippen LogP contribution >= 0.6 is 11.8 Å². The van der Waals surface area contributed by atoms with E-state index in [1.165, 1.54) is 17.8 Å². The Kier molecular flexibility index (Phi) is 6.49. The van der Waals surface area contributed by atoms with E-state index in [1.807, 2.05) is 26.8 Å². The summed E-state index contributed by atoms with van der Waals surface area (Å²) in [7, 11) is 0. The first-order valence-electron chi connectivity index (χ1n) is 6.80. The van der Waals surface area contributed by atoms with Gasteiger partial charge in [0.1, 0.15) is 5.82 Å². The Labute approximate surface area is 124 Å². The number of carbonyl (C=O) groups excluding carboxylic acids is 1. The van der Waals surface area contributed by atoms with Crippen molar-refractivity contribution in [3.05, 3.63) is 30.1 Å². The summed E-state index contributed by atoms with van der Waals surface area (Å²) in [6, 6.07) is 6.90. The average Bonchev–Trinajstić information content (AvgIpc) is 2.35. The number of hydrogen-bond donors (Lipinski definition) is 2. The molecule has 1 unspecified atom stereocenters. The first kappa shape index (κ1) is 17.0. The van der Waals surface area contributed by atoms with Crippen LogP contribution in [0.25, 0.3) is 0 Å². The Hall–Kier alpha value is -1.07. The number of halogens is 1. The van der Waals surface area contributed by atoms with Gasteiger partial charge in [0.15, 0.2) is 0 Å². The fourth-order valence-electron chi connectivity index (χ4n) is 2.07. The lowest BCUT2D eigenvalue weighted by Crippen LogP contribution is -2.55. The largest absolute Gasteiger partial charge is 0.368 e. The predicted octanol–water partition coefficient (Wildman–Crippen LogP) is 2.94. The second-order valence-corrected chi connectivity index (χ2v) is 6.51. The van der Waals surface area contributed by atoms with Gasteiger partial charge in [-0.15, -0.1) is 11.8 Å². The molecule has 0 bridgehead atoms. The third-order valence-electron chi connectivity index (χ3n) is 3.07. The molecule has 3 N–H and O–H groups in total. The fraction of sp³-hybridized carbons (Fsp3) is 0.533. The van der Waals surface area contributed by atoms with Gasteiger partial charge in [-0.3, -0.25) is 4.79 Å². The van der Waals surface area contributed by atoms with Crippen molar-refractivity contribution in [1.29, 1.82) is 0 Å². The molecule has 0 aliphatic rings. The van der Waals surface area contributed by atoms with Crippen LogP contribution in [0.1, 0.15) is 33.6 Å². The first-order chi connectivity index (χ1) is 9.35. The van der Waals surface area contributed by atoms with E-state index in [9.17, 15) is 9.18 Å². The van der Waals surface area contributed by atoms with E-state index >= 15 is 0 Å². The van der Waals surface area contributed by atoms with E-state index in [0.29, 0.717) is 11.3 Å². The Balaban J connectivity index is 2.46. The minimum atomic E-state index is -0.704. The number of thioether (sulfide) groups is 1.